The number of hydrogen-bond acceptors (Lipinski definition) is 5. The number of allylic oxidation sites excluding steroid dienone is 1. The maximum Gasteiger partial charge on any atom is 0.164 e. The summed E-state index contributed by atoms with van der Waals surface area (Å²) in [5.74, 6) is 2.88. The van der Waals surface area contributed by atoms with Crippen molar-refractivity contribution in [2.24, 2.45) is 0 Å². The molecule has 62 heavy (non-hydrogen) atoms. The highest BCUT2D eigenvalue weighted by atomic mass is 16.3. The van der Waals surface area contributed by atoms with Gasteiger partial charge in [0.1, 0.15) is 22.5 Å². The molecule has 5 nitrogen and oxygen atoms in total. The number of aryl methyl sites for hydroxylation is 1. The molecule has 8 aromatic carbocycles. The Morgan fingerprint density at radius 1 is 0.355 bits per heavy atom. The van der Waals surface area contributed by atoms with Crippen LogP contribution in [-0.4, -0.2) is 15.0 Å². The van der Waals surface area contributed by atoms with Gasteiger partial charge in [0.25, 0.3) is 0 Å². The van der Waals surface area contributed by atoms with E-state index >= 15 is 0 Å². The summed E-state index contributed by atoms with van der Waals surface area (Å²) in [6.45, 7) is 0. The van der Waals surface area contributed by atoms with Crippen molar-refractivity contribution in [3.05, 3.63) is 205 Å². The molecule has 11 aromatic rings. The number of benzene rings is 8. The minimum atomic E-state index is 0.619. The molecule has 0 aliphatic heterocycles. The van der Waals surface area contributed by atoms with Crippen molar-refractivity contribution in [1.29, 1.82) is 0 Å². The molecule has 3 aromatic heterocycles. The lowest BCUT2D eigenvalue weighted by Gasteiger charge is -2.12. The zero-order valence-corrected chi connectivity index (χ0v) is 33.6. The second-order valence-electron chi connectivity index (χ2n) is 15.8. The molecule has 0 N–H and O–H groups in total. The summed E-state index contributed by atoms with van der Waals surface area (Å²) < 4.78 is 13.1. The van der Waals surface area contributed by atoms with E-state index in [1.165, 1.54) is 0 Å². The maximum atomic E-state index is 6.81. The maximum absolute atomic E-state index is 6.81. The van der Waals surface area contributed by atoms with Crippen molar-refractivity contribution >= 4 is 39.0 Å². The fraction of sp³-hybridized carbons (Fsp3) is 0.0351. The largest absolute Gasteiger partial charge is 0.460 e. The Kier molecular flexibility index (Phi) is 8.56. The minimum Gasteiger partial charge on any atom is -0.460 e. The SMILES string of the molecule is C1=Cc2c(oc3cccc(-c4nc(-c5ccccc5)nc(-c5ccc(-c6ccc(-c7ccccc7-c7cccc8c7oc7c(-c9ccccc9)cccc78)cc6)cc5)n4)c23)CC1. The average Bonchev–Trinajstić information content (AvgIpc) is 3.94. The van der Waals surface area contributed by atoms with Gasteiger partial charge in [-0.2, -0.15) is 0 Å². The van der Waals surface area contributed by atoms with E-state index in [4.69, 9.17) is 23.8 Å². The zero-order valence-electron chi connectivity index (χ0n) is 33.6. The summed E-state index contributed by atoms with van der Waals surface area (Å²) in [6.07, 6.45) is 6.24. The van der Waals surface area contributed by atoms with Gasteiger partial charge >= 0.3 is 0 Å². The van der Waals surface area contributed by atoms with Gasteiger partial charge in [-0.25, -0.2) is 15.0 Å². The number of aromatic nitrogens is 3. The molecule has 12 rings (SSSR count). The smallest absolute Gasteiger partial charge is 0.164 e. The molecule has 1 aliphatic rings. The molecule has 0 atom stereocenters. The van der Waals surface area contributed by atoms with Crippen LogP contribution >= 0.6 is 0 Å². The summed E-state index contributed by atoms with van der Waals surface area (Å²) >= 11 is 0. The van der Waals surface area contributed by atoms with Crippen LogP contribution < -0.4 is 0 Å². The van der Waals surface area contributed by atoms with Gasteiger partial charge < -0.3 is 8.83 Å². The number of nitrogens with zero attached hydrogens (tertiary/aromatic N) is 3. The highest BCUT2D eigenvalue weighted by Gasteiger charge is 2.22. The van der Waals surface area contributed by atoms with E-state index in [1.807, 2.05) is 48.5 Å². The first-order valence-electron chi connectivity index (χ1n) is 21.1. The van der Waals surface area contributed by atoms with E-state index in [1.54, 1.807) is 0 Å². The van der Waals surface area contributed by atoms with Gasteiger partial charge in [-0.1, -0.05) is 194 Å². The van der Waals surface area contributed by atoms with Gasteiger partial charge in [0.2, 0.25) is 0 Å². The monoisotopic (exact) mass is 795 g/mol. The Bertz CT molecular complexity index is 3490. The molecule has 0 bridgehead atoms. The standard InChI is InChI=1S/C57H37N3O2/c1-3-14-38(15-4-1)43-21-11-23-46-47-24-12-22-45(54(47)62-53(43)46)44-19-8-7-18-42(44)39-32-28-36(29-33-39)37-30-34-41(35-31-37)56-58-55(40-16-5-2-6-17-40)59-57(60-56)49-25-13-27-51-52(49)48-20-9-10-26-50(48)61-51/h1-9,11-25,27-35H,10,26H2. The van der Waals surface area contributed by atoms with Crippen LogP contribution in [0, 0.1) is 0 Å². The molecular weight excluding hydrogens is 759 g/mol. The molecule has 0 amide bonds. The topological polar surface area (TPSA) is 65.0 Å². The Labute approximate surface area is 358 Å². The molecule has 292 valence electrons. The lowest BCUT2D eigenvalue weighted by atomic mass is 9.92. The summed E-state index contributed by atoms with van der Waals surface area (Å²) in [6, 6.07) is 65.5. The highest BCUT2D eigenvalue weighted by Crippen LogP contribution is 2.43. The summed E-state index contributed by atoms with van der Waals surface area (Å²) in [5, 5.41) is 3.27. The summed E-state index contributed by atoms with van der Waals surface area (Å²) in [5.41, 5.74) is 15.5. The molecule has 0 saturated heterocycles. The van der Waals surface area contributed by atoms with Crippen molar-refractivity contribution in [2.45, 2.75) is 12.8 Å². The van der Waals surface area contributed by atoms with E-state index in [2.05, 4.69) is 152 Å². The fourth-order valence-electron chi connectivity index (χ4n) is 9.03. The lowest BCUT2D eigenvalue weighted by Crippen LogP contribution is -2.00. The van der Waals surface area contributed by atoms with Crippen LogP contribution in [0.5, 0.6) is 0 Å². The van der Waals surface area contributed by atoms with Crippen LogP contribution in [0.15, 0.2) is 203 Å². The number of para-hydroxylation sites is 2. The minimum absolute atomic E-state index is 0.619. The van der Waals surface area contributed by atoms with Crippen LogP contribution in [-0.2, 0) is 6.42 Å². The number of hydrogen-bond donors (Lipinski definition) is 0. The average molecular weight is 796 g/mol. The number of furan rings is 2. The van der Waals surface area contributed by atoms with Gasteiger partial charge in [-0.05, 0) is 45.9 Å². The fourth-order valence-corrected chi connectivity index (χ4v) is 9.03. The molecular formula is C57H37N3O2. The molecule has 0 unspecified atom stereocenters. The van der Waals surface area contributed by atoms with E-state index in [-0.39, 0.29) is 0 Å². The van der Waals surface area contributed by atoms with Gasteiger partial charge in [0.05, 0.1) is 0 Å². The zero-order chi connectivity index (χ0) is 41.0. The first kappa shape index (κ1) is 35.8. The predicted octanol–water partition coefficient (Wildman–Crippen LogP) is 15.1. The number of rotatable bonds is 7. The molecule has 0 fully saturated rings. The third kappa shape index (κ3) is 6.13. The quantitative estimate of drug-likeness (QED) is 0.161. The molecule has 0 spiro atoms. The van der Waals surface area contributed by atoms with Crippen molar-refractivity contribution in [1.82, 2.24) is 15.0 Å². The predicted molar refractivity (Wildman–Crippen MR) is 252 cm³/mol. The third-order valence-corrected chi connectivity index (χ3v) is 12.1. The van der Waals surface area contributed by atoms with Crippen molar-refractivity contribution in [2.75, 3.05) is 0 Å². The lowest BCUT2D eigenvalue weighted by molar-refractivity contribution is 0.546. The van der Waals surface area contributed by atoms with Crippen LogP contribution in [0.3, 0.4) is 0 Å². The van der Waals surface area contributed by atoms with E-state index in [0.29, 0.717) is 17.5 Å². The van der Waals surface area contributed by atoms with Gasteiger partial charge in [0.15, 0.2) is 17.5 Å². The molecule has 0 saturated carbocycles. The Morgan fingerprint density at radius 2 is 0.855 bits per heavy atom. The van der Waals surface area contributed by atoms with Gasteiger partial charge in [-0.3, -0.25) is 0 Å². The second-order valence-corrected chi connectivity index (χ2v) is 15.8. The van der Waals surface area contributed by atoms with Crippen molar-refractivity contribution < 1.29 is 8.83 Å². The first-order valence-corrected chi connectivity index (χ1v) is 21.1. The third-order valence-electron chi connectivity index (χ3n) is 12.1. The van der Waals surface area contributed by atoms with E-state index < -0.39 is 0 Å². The molecule has 0 radical (unpaired) electrons. The van der Waals surface area contributed by atoms with Gasteiger partial charge in [0, 0.05) is 56.0 Å². The Hall–Kier alpha value is -8.15. The van der Waals surface area contributed by atoms with Gasteiger partial charge in [-0.15, -0.1) is 0 Å². The molecule has 1 aliphatic carbocycles. The van der Waals surface area contributed by atoms with Crippen LogP contribution in [0.4, 0.5) is 0 Å². The Morgan fingerprint density at radius 3 is 1.56 bits per heavy atom. The normalized spacial score (nSPS) is 12.3. The second kappa shape index (κ2) is 14.8. The van der Waals surface area contributed by atoms with Crippen LogP contribution in [0.25, 0.3) is 118 Å². The highest BCUT2D eigenvalue weighted by molar-refractivity contribution is 6.13. The molecule has 3 heterocycles. The van der Waals surface area contributed by atoms with E-state index in [9.17, 15) is 0 Å². The molecule has 5 heteroatoms. The van der Waals surface area contributed by atoms with Crippen molar-refractivity contribution in [3.8, 4) is 78.7 Å². The van der Waals surface area contributed by atoms with Crippen LogP contribution in [0.2, 0.25) is 0 Å². The van der Waals surface area contributed by atoms with E-state index in [0.717, 1.165) is 118 Å². The van der Waals surface area contributed by atoms with Crippen molar-refractivity contribution in [3.63, 3.8) is 0 Å². The first-order chi connectivity index (χ1) is 30.7. The Balaban J connectivity index is 0.885. The number of fused-ring (bicyclic) bond motifs is 6. The summed E-state index contributed by atoms with van der Waals surface area (Å²) in [7, 11) is 0. The summed E-state index contributed by atoms with van der Waals surface area (Å²) in [4.78, 5) is 15.2. The van der Waals surface area contributed by atoms with Crippen LogP contribution in [0.1, 0.15) is 17.7 Å².